The molecule has 336 valence electrons. The summed E-state index contributed by atoms with van der Waals surface area (Å²) in [6.07, 6.45) is 4.40. The minimum absolute atomic E-state index is 0.168. The maximum Gasteiger partial charge on any atom is 0.407 e. The van der Waals surface area contributed by atoms with Crippen LogP contribution in [0.1, 0.15) is 84.5 Å². The van der Waals surface area contributed by atoms with Crippen molar-refractivity contribution in [2.75, 3.05) is 27.3 Å². The Morgan fingerprint density at radius 2 is 1.09 bits per heavy atom. The monoisotopic (exact) mass is 886 g/mol. The molecular weight excluding hydrogens is 837 g/mol. The molecule has 0 spiro atoms. The highest BCUT2D eigenvalue weighted by Gasteiger charge is 2.38. The van der Waals surface area contributed by atoms with Gasteiger partial charge in [0, 0.05) is 13.1 Å². The number of amides is 4. The van der Waals surface area contributed by atoms with E-state index in [9.17, 15) is 29.7 Å². The highest BCUT2D eigenvalue weighted by molar-refractivity contribution is 5.88. The molecule has 12 rings (SSSR count). The predicted octanol–water partition coefficient (Wildman–Crippen LogP) is 7.26. The van der Waals surface area contributed by atoms with Crippen molar-refractivity contribution < 1.29 is 28.7 Å². The van der Waals surface area contributed by atoms with Crippen molar-refractivity contribution >= 4 is 46.1 Å². The van der Waals surface area contributed by atoms with Crippen molar-refractivity contribution in [3.05, 3.63) is 107 Å². The molecule has 0 saturated carbocycles. The Kier molecular flexibility index (Phi) is 12.4. The Balaban J connectivity index is 0.939. The van der Waals surface area contributed by atoms with Crippen LogP contribution >= 0.6 is 0 Å². The van der Waals surface area contributed by atoms with Crippen molar-refractivity contribution in [2.45, 2.75) is 88.4 Å². The lowest BCUT2D eigenvalue weighted by molar-refractivity contribution is -0.135. The lowest BCUT2D eigenvalue weighted by atomic mass is 9.87. The summed E-state index contributed by atoms with van der Waals surface area (Å²) in [4.78, 5) is 71.4. The molecule has 2 aliphatic heterocycles. The van der Waals surface area contributed by atoms with Crippen LogP contribution in [0.25, 0.3) is 44.3 Å². The van der Waals surface area contributed by atoms with E-state index in [-0.39, 0.29) is 36.7 Å². The zero-order chi connectivity index (χ0) is 45.9. The van der Waals surface area contributed by atoms with Gasteiger partial charge in [-0.05, 0) is 120 Å². The van der Waals surface area contributed by atoms with Gasteiger partial charge in [-0.25, -0.2) is 19.6 Å². The number of carbonyl (C=O) groups is 4. The molecule has 2 saturated heterocycles. The number of aromatic amines is 2. The Morgan fingerprint density at radius 3 is 1.50 bits per heavy atom. The zero-order valence-corrected chi connectivity index (χ0v) is 36.9. The van der Waals surface area contributed by atoms with Gasteiger partial charge in [0.15, 0.2) is 0 Å². The molecule has 16 heteroatoms. The number of carbonyl (C=O) groups excluding carboxylic acids is 4. The number of ether oxygens (including phenoxy) is 2. The molecule has 66 heavy (non-hydrogen) atoms. The van der Waals surface area contributed by atoms with Crippen LogP contribution in [0.4, 0.5) is 9.59 Å². The summed E-state index contributed by atoms with van der Waals surface area (Å²) in [7, 11) is 2.45. The summed E-state index contributed by atoms with van der Waals surface area (Å²) < 4.78 is 9.40. The Hall–Kier alpha value is -7.72. The zero-order valence-electron chi connectivity index (χ0n) is 36.9. The van der Waals surface area contributed by atoms with Gasteiger partial charge in [0.05, 0.1) is 73.4 Å². The van der Waals surface area contributed by atoms with E-state index in [1.54, 1.807) is 9.80 Å². The molecule has 2 fully saturated rings. The summed E-state index contributed by atoms with van der Waals surface area (Å²) in [6, 6.07) is 27.5. The van der Waals surface area contributed by atoms with E-state index in [1.165, 1.54) is 47.6 Å². The second-order valence-corrected chi connectivity index (χ2v) is 17.2. The molecule has 0 radical (unpaired) electrons. The van der Waals surface area contributed by atoms with Crippen LogP contribution in [-0.2, 0) is 44.7 Å². The average Bonchev–Trinajstić information content (AvgIpc) is 4.17. The summed E-state index contributed by atoms with van der Waals surface area (Å²) in [5, 5.41) is 23.8. The number of nitriles is 2. The number of hydrogen-bond acceptors (Lipinski definition) is 10. The minimum atomic E-state index is -1.01. The number of aromatic nitrogens is 4. The van der Waals surface area contributed by atoms with E-state index in [0.29, 0.717) is 37.6 Å². The van der Waals surface area contributed by atoms with Crippen LogP contribution < -0.4 is 10.6 Å². The molecule has 4 bridgehead atoms. The van der Waals surface area contributed by atoms with E-state index in [1.807, 2.05) is 24.3 Å². The number of nitrogens with one attached hydrogen (secondary N) is 4. The molecular formula is C50H50N10O6. The largest absolute Gasteiger partial charge is 0.453 e. The van der Waals surface area contributed by atoms with E-state index in [2.05, 4.69) is 81.3 Å². The van der Waals surface area contributed by atoms with Gasteiger partial charge in [0.25, 0.3) is 0 Å². The molecule has 4 aromatic carbocycles. The van der Waals surface area contributed by atoms with E-state index < -0.39 is 24.3 Å². The number of aryl methyl sites for hydroxylation is 4. The lowest BCUT2D eigenvalue weighted by Crippen LogP contribution is -2.48. The topological polar surface area (TPSA) is 222 Å². The Labute approximate surface area is 381 Å². The molecule has 0 unspecified atom stereocenters. The third kappa shape index (κ3) is 8.74. The van der Waals surface area contributed by atoms with Crippen LogP contribution in [0.15, 0.2) is 72.8 Å². The average molecular weight is 887 g/mol. The lowest BCUT2D eigenvalue weighted by Gasteiger charge is -2.27. The SMILES string of the molecule is COC(=O)N[C@@H](CC#N)C(=O)N1CCC[C@H]1c1nc2cc(-c3cc4ccc3CCc3ccc(c(-c5ccc6[nH]c([C@@H]7CCCN7C(=O)[C@H](CC#N)NC(=O)OC)nc6c5)c3)CC4)ccc2[nH]1. The van der Waals surface area contributed by atoms with Gasteiger partial charge in [0.2, 0.25) is 11.8 Å². The number of benzene rings is 4. The minimum Gasteiger partial charge on any atom is -0.453 e. The van der Waals surface area contributed by atoms with E-state index >= 15 is 0 Å². The summed E-state index contributed by atoms with van der Waals surface area (Å²) in [6.45, 7) is 0.988. The maximum absolute atomic E-state index is 13.6. The molecule has 6 aliphatic rings. The van der Waals surface area contributed by atoms with E-state index in [4.69, 9.17) is 19.4 Å². The maximum atomic E-state index is 13.6. The number of fused-ring (bicyclic) bond motifs is 2. The van der Waals surface area contributed by atoms with Gasteiger partial charge in [-0.1, -0.05) is 48.5 Å². The van der Waals surface area contributed by atoms with Crippen LogP contribution in [0, 0.1) is 22.7 Å². The number of H-pyrrole nitrogens is 2. The van der Waals surface area contributed by atoms with Crippen molar-refractivity contribution in [1.29, 1.82) is 10.5 Å². The van der Waals surface area contributed by atoms with Gasteiger partial charge in [-0.2, -0.15) is 10.5 Å². The fraction of sp³-hybridized carbons (Fsp3) is 0.360. The first-order valence-corrected chi connectivity index (χ1v) is 22.4. The third-order valence-electron chi connectivity index (χ3n) is 13.2. The number of alkyl carbamates (subject to hydrolysis) is 2. The van der Waals surface area contributed by atoms with E-state index in [0.717, 1.165) is 71.7 Å². The highest BCUT2D eigenvalue weighted by Crippen LogP contribution is 2.37. The number of imidazole rings is 2. The van der Waals surface area contributed by atoms with Crippen molar-refractivity contribution in [3.8, 4) is 34.4 Å². The third-order valence-corrected chi connectivity index (χ3v) is 13.2. The number of hydrogen-bond donors (Lipinski definition) is 4. The van der Waals surface area contributed by atoms with Gasteiger partial charge in [-0.15, -0.1) is 0 Å². The van der Waals surface area contributed by atoms with Crippen LogP contribution in [0.5, 0.6) is 0 Å². The predicted molar refractivity (Wildman–Crippen MR) is 244 cm³/mol. The van der Waals surface area contributed by atoms with Gasteiger partial charge in [0.1, 0.15) is 23.7 Å². The van der Waals surface area contributed by atoms with Crippen LogP contribution in [0.2, 0.25) is 0 Å². The number of methoxy groups -OCH3 is 2. The molecule has 4 heterocycles. The van der Waals surface area contributed by atoms with Crippen LogP contribution in [-0.4, -0.2) is 93.1 Å². The summed E-state index contributed by atoms with van der Waals surface area (Å²) in [5.41, 5.74) is 12.7. The quantitative estimate of drug-likeness (QED) is 0.108. The Morgan fingerprint density at radius 1 is 0.652 bits per heavy atom. The normalized spacial score (nSPS) is 17.7. The second kappa shape index (κ2) is 18.8. The fourth-order valence-corrected chi connectivity index (χ4v) is 9.81. The smallest absolute Gasteiger partial charge is 0.407 e. The second-order valence-electron chi connectivity index (χ2n) is 17.2. The highest BCUT2D eigenvalue weighted by atomic mass is 16.5. The molecule has 4 amide bonds. The molecule has 2 aromatic heterocycles. The number of likely N-dealkylation sites (tertiary alicyclic amines) is 2. The number of nitrogens with zero attached hydrogens (tertiary/aromatic N) is 6. The van der Waals surface area contributed by atoms with Crippen molar-refractivity contribution in [1.82, 2.24) is 40.4 Å². The van der Waals surface area contributed by atoms with Gasteiger partial charge in [-0.3, -0.25) is 9.59 Å². The Bertz CT molecular complexity index is 2750. The summed E-state index contributed by atoms with van der Waals surface area (Å²) >= 11 is 0. The summed E-state index contributed by atoms with van der Waals surface area (Å²) in [5.74, 6) is 0.679. The first-order chi connectivity index (χ1) is 32.1. The van der Waals surface area contributed by atoms with Crippen molar-refractivity contribution in [3.63, 3.8) is 0 Å². The molecule has 4 atom stereocenters. The molecule has 4 N–H and O–H groups in total. The van der Waals surface area contributed by atoms with Crippen molar-refractivity contribution in [2.24, 2.45) is 0 Å². The first kappa shape index (κ1) is 43.5. The standard InChI is InChI=1S/C50H50N10O6/c1-65-49(63)57-39(19-21-51)47(61)59-23-3-5-43(59)45-53-37-17-15-33(27-41(37)55-45)35-25-29-7-11-31(35)13-9-30-8-12-32(14-10-29)36(26-30)34-16-18-38-42(28-34)56-46(54-38)44-6-4-24-60(44)48(62)40(20-22-52)58-50(64)66-2/h7-8,11-12,15-18,25-28,39-40,43-44H,3-6,9-10,13-14,19-20,23-24H2,1-2H3,(H,53,55)(H,54,56)(H,57,63)(H,58,64)/t39-,40-,43-,44-/m0/s1. The first-order valence-electron chi connectivity index (χ1n) is 22.4. The molecule has 16 nitrogen and oxygen atoms in total. The van der Waals surface area contributed by atoms with Gasteiger partial charge < -0.3 is 39.9 Å². The van der Waals surface area contributed by atoms with Gasteiger partial charge >= 0.3 is 12.2 Å². The van der Waals surface area contributed by atoms with Crippen LogP contribution in [0.3, 0.4) is 0 Å². The molecule has 4 aliphatic carbocycles. The number of rotatable bonds is 10. The fourth-order valence-electron chi connectivity index (χ4n) is 9.81. The molecule has 6 aromatic rings.